The van der Waals surface area contributed by atoms with E-state index in [1.165, 1.54) is 7.11 Å². The molecule has 0 aliphatic rings. The summed E-state index contributed by atoms with van der Waals surface area (Å²) in [6.45, 7) is 1.80. The van der Waals surface area contributed by atoms with Crippen LogP contribution in [0.2, 0.25) is 0 Å². The van der Waals surface area contributed by atoms with Gasteiger partial charge in [0.05, 0.1) is 25.6 Å². The molecule has 178 valence electrons. The maximum absolute atomic E-state index is 12.3. The molecule has 0 unspecified atom stereocenters. The summed E-state index contributed by atoms with van der Waals surface area (Å²) in [6, 6.07) is 19.8. The number of para-hydroxylation sites is 1. The minimum absolute atomic E-state index is 0.0816. The van der Waals surface area contributed by atoms with Crippen LogP contribution in [-0.2, 0) is 20.7 Å². The third-order valence-electron chi connectivity index (χ3n) is 5.24. The fourth-order valence-electron chi connectivity index (χ4n) is 3.40. The molecule has 4 aromatic rings. The first-order chi connectivity index (χ1) is 16.9. The Morgan fingerprint density at radius 3 is 2.49 bits per heavy atom. The zero-order valence-corrected chi connectivity index (χ0v) is 19.3. The van der Waals surface area contributed by atoms with Gasteiger partial charge in [0, 0.05) is 11.4 Å². The second-order valence-electron chi connectivity index (χ2n) is 7.83. The molecule has 0 saturated carbocycles. The van der Waals surface area contributed by atoms with E-state index in [2.05, 4.69) is 25.7 Å². The maximum atomic E-state index is 12.3. The molecule has 0 radical (unpaired) electrons. The number of ether oxygens (including phenoxy) is 1. The fraction of sp³-hybridized carbons (Fsp3) is 0.154. The van der Waals surface area contributed by atoms with Gasteiger partial charge in [-0.25, -0.2) is 4.79 Å². The van der Waals surface area contributed by atoms with Crippen molar-refractivity contribution in [1.29, 1.82) is 0 Å². The monoisotopic (exact) mass is 472 g/mol. The Bertz CT molecular complexity index is 1380. The number of hydrogen-bond acceptors (Lipinski definition) is 7. The van der Waals surface area contributed by atoms with Crippen LogP contribution in [0.5, 0.6) is 0 Å². The Kier molecular flexibility index (Phi) is 7.06. The number of esters is 1. The second kappa shape index (κ2) is 10.5. The van der Waals surface area contributed by atoms with Gasteiger partial charge in [0.15, 0.2) is 5.58 Å². The van der Waals surface area contributed by atoms with Gasteiger partial charge in [-0.1, -0.05) is 24.3 Å². The van der Waals surface area contributed by atoms with Gasteiger partial charge < -0.3 is 25.1 Å². The van der Waals surface area contributed by atoms with E-state index in [4.69, 9.17) is 4.42 Å². The number of hydrogen-bond donors (Lipinski definition) is 3. The summed E-state index contributed by atoms with van der Waals surface area (Å²) in [5.41, 5.74) is 4.80. The largest absolute Gasteiger partial charge is 0.465 e. The molecule has 0 bridgehead atoms. The number of aromatic nitrogens is 1. The Labute approximate surface area is 201 Å². The molecule has 0 fully saturated rings. The van der Waals surface area contributed by atoms with E-state index in [1.807, 2.05) is 31.2 Å². The molecule has 1 aromatic heterocycles. The zero-order chi connectivity index (χ0) is 24.8. The standard InChI is InChI=1S/C26H24N4O5/c1-16-5-3-4-6-20(16)29-26-30-21-12-7-17(13-22(21)35-26)14-23(31)27-15-24(32)28-19-10-8-18(9-11-19)25(33)34-2/h3-13H,14-15H2,1-2H3,(H,27,31)(H,28,32)(H,29,30). The van der Waals surface area contributed by atoms with Crippen molar-refractivity contribution < 1.29 is 23.5 Å². The minimum atomic E-state index is -0.461. The van der Waals surface area contributed by atoms with Crippen LogP contribution in [0.15, 0.2) is 71.1 Å². The number of nitrogens with one attached hydrogen (secondary N) is 3. The molecular weight excluding hydrogens is 448 g/mol. The normalized spacial score (nSPS) is 10.6. The number of oxazole rings is 1. The van der Waals surface area contributed by atoms with Crippen LogP contribution < -0.4 is 16.0 Å². The third kappa shape index (κ3) is 6.02. The lowest BCUT2D eigenvalue weighted by Crippen LogP contribution is -2.33. The SMILES string of the molecule is COC(=O)c1ccc(NC(=O)CNC(=O)Cc2ccc3nc(Nc4ccccc4C)oc3c2)cc1. The van der Waals surface area contributed by atoms with E-state index >= 15 is 0 Å². The summed E-state index contributed by atoms with van der Waals surface area (Å²) in [5, 5.41) is 8.42. The molecule has 0 atom stereocenters. The molecule has 9 heteroatoms. The van der Waals surface area contributed by atoms with Crippen LogP contribution in [0.4, 0.5) is 17.4 Å². The first kappa shape index (κ1) is 23.5. The lowest BCUT2D eigenvalue weighted by Gasteiger charge is -2.08. The number of aryl methyl sites for hydroxylation is 1. The van der Waals surface area contributed by atoms with Gasteiger partial charge in [-0.3, -0.25) is 9.59 Å². The number of fused-ring (bicyclic) bond motifs is 1. The number of nitrogens with zero attached hydrogens (tertiary/aromatic N) is 1. The fourth-order valence-corrected chi connectivity index (χ4v) is 3.40. The molecule has 0 aliphatic heterocycles. The van der Waals surface area contributed by atoms with Crippen molar-refractivity contribution in [2.75, 3.05) is 24.3 Å². The lowest BCUT2D eigenvalue weighted by atomic mass is 10.1. The molecule has 0 aliphatic carbocycles. The van der Waals surface area contributed by atoms with E-state index in [0.29, 0.717) is 28.4 Å². The average molecular weight is 473 g/mol. The summed E-state index contributed by atoms with van der Waals surface area (Å²) in [5.74, 6) is -1.16. The number of benzene rings is 3. The Balaban J connectivity index is 1.30. The van der Waals surface area contributed by atoms with E-state index in [-0.39, 0.29) is 24.8 Å². The van der Waals surface area contributed by atoms with Crippen LogP contribution in [0.3, 0.4) is 0 Å². The van der Waals surface area contributed by atoms with E-state index in [9.17, 15) is 14.4 Å². The maximum Gasteiger partial charge on any atom is 0.337 e. The van der Waals surface area contributed by atoms with Crippen LogP contribution in [0, 0.1) is 6.92 Å². The summed E-state index contributed by atoms with van der Waals surface area (Å²) < 4.78 is 10.4. The highest BCUT2D eigenvalue weighted by atomic mass is 16.5. The van der Waals surface area contributed by atoms with Crippen molar-refractivity contribution in [3.8, 4) is 0 Å². The van der Waals surface area contributed by atoms with Gasteiger partial charge in [0.1, 0.15) is 5.52 Å². The van der Waals surface area contributed by atoms with E-state index in [0.717, 1.165) is 16.8 Å². The average Bonchev–Trinajstić information content (AvgIpc) is 3.26. The summed E-state index contributed by atoms with van der Waals surface area (Å²) in [7, 11) is 1.30. The molecule has 9 nitrogen and oxygen atoms in total. The van der Waals surface area contributed by atoms with Crippen LogP contribution >= 0.6 is 0 Å². The minimum Gasteiger partial charge on any atom is -0.465 e. The van der Waals surface area contributed by atoms with Crippen molar-refractivity contribution in [2.45, 2.75) is 13.3 Å². The van der Waals surface area contributed by atoms with Gasteiger partial charge in [-0.05, 0) is 60.5 Å². The quantitative estimate of drug-likeness (QED) is 0.332. The summed E-state index contributed by atoms with van der Waals surface area (Å²) in [6.07, 6.45) is 0.0816. The first-order valence-electron chi connectivity index (χ1n) is 10.9. The second-order valence-corrected chi connectivity index (χ2v) is 7.83. The lowest BCUT2D eigenvalue weighted by molar-refractivity contribution is -0.123. The number of amides is 2. The topological polar surface area (TPSA) is 123 Å². The Morgan fingerprint density at radius 1 is 0.971 bits per heavy atom. The first-order valence-corrected chi connectivity index (χ1v) is 10.9. The molecule has 0 saturated heterocycles. The molecule has 35 heavy (non-hydrogen) atoms. The number of rotatable bonds is 8. The van der Waals surface area contributed by atoms with Crippen molar-refractivity contribution in [3.05, 3.63) is 83.4 Å². The molecule has 2 amide bonds. The highest BCUT2D eigenvalue weighted by molar-refractivity contribution is 5.95. The van der Waals surface area contributed by atoms with Gasteiger partial charge in [0.25, 0.3) is 6.01 Å². The van der Waals surface area contributed by atoms with Crippen molar-refractivity contribution in [3.63, 3.8) is 0 Å². The molecule has 3 N–H and O–H groups in total. The predicted octanol–water partition coefficient (Wildman–Crippen LogP) is 3.96. The Hall–Kier alpha value is -4.66. The third-order valence-corrected chi connectivity index (χ3v) is 5.24. The van der Waals surface area contributed by atoms with Gasteiger partial charge >= 0.3 is 5.97 Å². The van der Waals surface area contributed by atoms with Crippen molar-refractivity contribution in [2.24, 2.45) is 0 Å². The van der Waals surface area contributed by atoms with Crippen molar-refractivity contribution >= 4 is 46.3 Å². The molecule has 0 spiro atoms. The van der Waals surface area contributed by atoms with Crippen LogP contribution in [-0.4, -0.2) is 36.4 Å². The van der Waals surface area contributed by atoms with Crippen LogP contribution in [0.1, 0.15) is 21.5 Å². The van der Waals surface area contributed by atoms with Crippen molar-refractivity contribution in [1.82, 2.24) is 10.3 Å². The Morgan fingerprint density at radius 2 is 1.74 bits per heavy atom. The van der Waals surface area contributed by atoms with Gasteiger partial charge in [-0.15, -0.1) is 0 Å². The number of methoxy groups -OCH3 is 1. The van der Waals surface area contributed by atoms with Gasteiger partial charge in [0.2, 0.25) is 11.8 Å². The predicted molar refractivity (Wildman–Crippen MR) is 132 cm³/mol. The number of anilines is 3. The van der Waals surface area contributed by atoms with Gasteiger partial charge in [-0.2, -0.15) is 4.98 Å². The zero-order valence-electron chi connectivity index (χ0n) is 19.3. The highest BCUT2D eigenvalue weighted by Crippen LogP contribution is 2.24. The van der Waals surface area contributed by atoms with Crippen LogP contribution in [0.25, 0.3) is 11.1 Å². The smallest absolute Gasteiger partial charge is 0.337 e. The van der Waals surface area contributed by atoms with E-state index in [1.54, 1.807) is 42.5 Å². The van der Waals surface area contributed by atoms with E-state index < -0.39 is 5.97 Å². The molecule has 4 rings (SSSR count). The summed E-state index contributed by atoms with van der Waals surface area (Å²) >= 11 is 0. The number of carbonyl (C=O) groups excluding carboxylic acids is 3. The molecule has 3 aromatic carbocycles. The summed E-state index contributed by atoms with van der Waals surface area (Å²) in [4.78, 5) is 40.4. The number of carbonyl (C=O) groups is 3. The molecule has 1 heterocycles. The highest BCUT2D eigenvalue weighted by Gasteiger charge is 2.12. The molecular formula is C26H24N4O5.